The second kappa shape index (κ2) is 9.96. The molecule has 0 fully saturated rings. The summed E-state index contributed by atoms with van der Waals surface area (Å²) < 4.78 is 0. The van der Waals surface area contributed by atoms with Gasteiger partial charge in [0.05, 0.1) is 0 Å². The van der Waals surface area contributed by atoms with Crippen molar-refractivity contribution < 1.29 is 10.0 Å². The Morgan fingerprint density at radius 3 is 1.71 bits per heavy atom. The molecule has 0 spiro atoms. The van der Waals surface area contributed by atoms with E-state index in [4.69, 9.17) is 0 Å². The molecule has 0 aliphatic rings. The molecule has 2 nitrogen and oxygen atoms in total. The highest BCUT2D eigenvalue weighted by Crippen LogP contribution is 2.37. The van der Waals surface area contributed by atoms with Crippen molar-refractivity contribution in [2.24, 2.45) is 0 Å². The molecule has 1 unspecified atom stereocenters. The largest absolute Gasteiger partial charge is 0.457 e. The van der Waals surface area contributed by atoms with E-state index < -0.39 is 7.12 Å². The van der Waals surface area contributed by atoms with Gasteiger partial charge >= 0.3 is 7.12 Å². The number of hydrogen-bond donors (Lipinski definition) is 2. The fraction of sp³-hybridized carbons (Fsp3) is 1.00. The molecule has 0 amide bonds. The summed E-state index contributed by atoms with van der Waals surface area (Å²) in [6.45, 7) is 6.24. The van der Waals surface area contributed by atoms with E-state index in [-0.39, 0.29) is 5.31 Å². The first kappa shape index (κ1) is 17.0. The Morgan fingerprint density at radius 2 is 1.29 bits per heavy atom. The number of hydrogen-bond acceptors (Lipinski definition) is 2. The maximum atomic E-state index is 9.33. The van der Waals surface area contributed by atoms with Crippen LogP contribution in [0.1, 0.15) is 85.0 Å². The van der Waals surface area contributed by atoms with Crippen LogP contribution in [0.4, 0.5) is 0 Å². The van der Waals surface area contributed by atoms with Gasteiger partial charge in [-0.15, -0.1) is 0 Å². The quantitative estimate of drug-likeness (QED) is 0.422. The van der Waals surface area contributed by atoms with Crippen LogP contribution in [-0.4, -0.2) is 17.2 Å². The van der Waals surface area contributed by atoms with Gasteiger partial charge in [0.1, 0.15) is 0 Å². The average molecular weight is 242 g/mol. The van der Waals surface area contributed by atoms with E-state index in [0.717, 1.165) is 19.3 Å². The summed E-state index contributed by atoms with van der Waals surface area (Å²) in [4.78, 5) is 0. The summed E-state index contributed by atoms with van der Waals surface area (Å²) >= 11 is 0. The predicted molar refractivity (Wildman–Crippen MR) is 76.1 cm³/mol. The Labute approximate surface area is 108 Å². The summed E-state index contributed by atoms with van der Waals surface area (Å²) in [5, 5.41) is 18.4. The average Bonchev–Trinajstić information content (AvgIpc) is 2.32. The second-order valence-electron chi connectivity index (χ2n) is 5.61. The predicted octanol–water partition coefficient (Wildman–Crippen LogP) is 4.16. The van der Waals surface area contributed by atoms with Gasteiger partial charge in [0, 0.05) is 5.31 Å². The molecule has 0 radical (unpaired) electrons. The third-order valence-corrected chi connectivity index (χ3v) is 4.03. The Morgan fingerprint density at radius 1 is 0.824 bits per heavy atom. The van der Waals surface area contributed by atoms with Gasteiger partial charge in [-0.2, -0.15) is 0 Å². The lowest BCUT2D eigenvalue weighted by Gasteiger charge is -2.26. The van der Waals surface area contributed by atoms with Crippen molar-refractivity contribution in [3.05, 3.63) is 0 Å². The van der Waals surface area contributed by atoms with E-state index in [1.807, 2.05) is 13.8 Å². The van der Waals surface area contributed by atoms with Crippen LogP contribution in [0.25, 0.3) is 0 Å². The Bertz CT molecular complexity index is 174. The monoisotopic (exact) mass is 242 g/mol. The van der Waals surface area contributed by atoms with Gasteiger partial charge in [0.25, 0.3) is 0 Å². The van der Waals surface area contributed by atoms with E-state index in [2.05, 4.69) is 6.92 Å². The number of rotatable bonds is 11. The summed E-state index contributed by atoms with van der Waals surface area (Å²) in [5.74, 6) is 0. The first-order valence-corrected chi connectivity index (χ1v) is 7.43. The Hall–Kier alpha value is -0.0151. The zero-order valence-corrected chi connectivity index (χ0v) is 12.0. The molecule has 0 aliphatic carbocycles. The fourth-order valence-electron chi connectivity index (χ4n) is 2.15. The van der Waals surface area contributed by atoms with E-state index >= 15 is 0 Å². The molecule has 0 heterocycles. The molecule has 3 heteroatoms. The van der Waals surface area contributed by atoms with Gasteiger partial charge in [-0.05, 0) is 6.42 Å². The normalized spacial score (nSPS) is 14.6. The smallest absolute Gasteiger partial charge is 0.427 e. The van der Waals surface area contributed by atoms with Crippen LogP contribution < -0.4 is 0 Å². The first-order chi connectivity index (χ1) is 8.06. The molecule has 17 heavy (non-hydrogen) atoms. The molecule has 1 atom stereocenters. The van der Waals surface area contributed by atoms with Crippen LogP contribution >= 0.6 is 0 Å². The molecular weight excluding hydrogens is 211 g/mol. The number of unbranched alkanes of at least 4 members (excludes halogenated alkanes) is 7. The van der Waals surface area contributed by atoms with Crippen molar-refractivity contribution in [1.29, 1.82) is 0 Å². The highest BCUT2D eigenvalue weighted by atomic mass is 16.4. The Balaban J connectivity index is 3.44. The molecule has 0 aromatic heterocycles. The van der Waals surface area contributed by atoms with Crippen molar-refractivity contribution in [1.82, 2.24) is 0 Å². The molecule has 102 valence electrons. The maximum absolute atomic E-state index is 9.33. The van der Waals surface area contributed by atoms with Gasteiger partial charge in [0.15, 0.2) is 0 Å². The molecule has 0 aliphatic heterocycles. The molecule has 0 aromatic carbocycles. The van der Waals surface area contributed by atoms with Crippen LogP contribution in [0.5, 0.6) is 0 Å². The zero-order valence-electron chi connectivity index (χ0n) is 12.0. The van der Waals surface area contributed by atoms with E-state index in [1.165, 1.54) is 44.9 Å². The van der Waals surface area contributed by atoms with Crippen LogP contribution in [0.15, 0.2) is 0 Å². The summed E-state index contributed by atoms with van der Waals surface area (Å²) in [5.41, 5.74) is 0. The lowest BCUT2D eigenvalue weighted by molar-refractivity contribution is 0.321. The van der Waals surface area contributed by atoms with Gasteiger partial charge in [-0.25, -0.2) is 0 Å². The standard InChI is InChI=1S/C14H31BO2/c1-4-6-7-8-9-10-11-12-13-14(3,5-2)15(16)17/h16-17H,4-13H2,1-3H3. The minimum Gasteiger partial charge on any atom is -0.427 e. The lowest BCUT2D eigenvalue weighted by Crippen LogP contribution is -2.30. The van der Waals surface area contributed by atoms with Crippen molar-refractivity contribution in [2.45, 2.75) is 90.3 Å². The molecule has 0 saturated heterocycles. The highest BCUT2D eigenvalue weighted by Gasteiger charge is 2.34. The molecular formula is C14H31BO2. The molecule has 0 saturated carbocycles. The molecule has 0 aromatic rings. The van der Waals surface area contributed by atoms with Gasteiger partial charge in [0.2, 0.25) is 0 Å². The van der Waals surface area contributed by atoms with Gasteiger partial charge < -0.3 is 10.0 Å². The minimum atomic E-state index is -1.17. The molecule has 0 bridgehead atoms. The van der Waals surface area contributed by atoms with Crippen LogP contribution in [0, 0.1) is 0 Å². The summed E-state index contributed by atoms with van der Waals surface area (Å²) in [6.07, 6.45) is 12.2. The summed E-state index contributed by atoms with van der Waals surface area (Å²) in [7, 11) is -1.17. The fourth-order valence-corrected chi connectivity index (χ4v) is 2.15. The van der Waals surface area contributed by atoms with Crippen molar-refractivity contribution in [3.63, 3.8) is 0 Å². The van der Waals surface area contributed by atoms with Crippen LogP contribution in [-0.2, 0) is 0 Å². The third-order valence-electron chi connectivity index (χ3n) is 4.03. The van der Waals surface area contributed by atoms with Crippen LogP contribution in [0.3, 0.4) is 0 Å². The maximum Gasteiger partial charge on any atom is 0.457 e. The Kier molecular flexibility index (Phi) is 9.95. The zero-order chi connectivity index (χ0) is 13.1. The minimum absolute atomic E-state index is 0.303. The van der Waals surface area contributed by atoms with E-state index in [0.29, 0.717) is 0 Å². The molecule has 2 N–H and O–H groups in total. The molecule has 0 rings (SSSR count). The summed E-state index contributed by atoms with van der Waals surface area (Å²) in [6, 6.07) is 0. The third kappa shape index (κ3) is 7.83. The van der Waals surface area contributed by atoms with E-state index in [9.17, 15) is 10.0 Å². The highest BCUT2D eigenvalue weighted by molar-refractivity contribution is 6.45. The lowest BCUT2D eigenvalue weighted by atomic mass is 9.55. The van der Waals surface area contributed by atoms with Gasteiger partial charge in [-0.1, -0.05) is 78.6 Å². The second-order valence-corrected chi connectivity index (χ2v) is 5.61. The van der Waals surface area contributed by atoms with Gasteiger partial charge in [-0.3, -0.25) is 0 Å². The SMILES string of the molecule is CCCCCCCCCCC(C)(CC)B(O)O. The topological polar surface area (TPSA) is 40.5 Å². The van der Waals surface area contributed by atoms with Crippen molar-refractivity contribution in [3.8, 4) is 0 Å². The van der Waals surface area contributed by atoms with Crippen LogP contribution in [0.2, 0.25) is 5.31 Å². The van der Waals surface area contributed by atoms with Crippen molar-refractivity contribution in [2.75, 3.05) is 0 Å². The van der Waals surface area contributed by atoms with Crippen molar-refractivity contribution >= 4 is 7.12 Å². The van der Waals surface area contributed by atoms with E-state index in [1.54, 1.807) is 0 Å². The first-order valence-electron chi connectivity index (χ1n) is 7.43.